The van der Waals surface area contributed by atoms with Gasteiger partial charge in [-0.15, -0.1) is 10.2 Å². The lowest BCUT2D eigenvalue weighted by Gasteiger charge is -2.16. The fourth-order valence-corrected chi connectivity index (χ4v) is 4.79. The maximum Gasteiger partial charge on any atom is 0.230 e. The number of nitrogens with one attached hydrogen (secondary N) is 2. The van der Waals surface area contributed by atoms with Gasteiger partial charge in [-0.1, -0.05) is 77.7 Å². The van der Waals surface area contributed by atoms with Crippen LogP contribution in [0, 0.1) is 5.82 Å². The molecule has 1 unspecified atom stereocenters. The summed E-state index contributed by atoms with van der Waals surface area (Å²) < 4.78 is 13.7. The lowest BCUT2D eigenvalue weighted by Crippen LogP contribution is -2.28. The van der Waals surface area contributed by atoms with Crippen LogP contribution in [-0.4, -0.2) is 21.9 Å². The second kappa shape index (κ2) is 9.89. The summed E-state index contributed by atoms with van der Waals surface area (Å²) in [5.41, 5.74) is 2.05. The highest BCUT2D eigenvalue weighted by molar-refractivity contribution is 8.01. The van der Waals surface area contributed by atoms with Crippen LogP contribution >= 0.6 is 23.1 Å². The molecule has 1 heterocycles. The minimum atomic E-state index is -0.258. The quantitative estimate of drug-likeness (QED) is 0.350. The van der Waals surface area contributed by atoms with E-state index in [0.29, 0.717) is 11.7 Å². The number of anilines is 1. The first kappa shape index (κ1) is 21.3. The van der Waals surface area contributed by atoms with Gasteiger partial charge < -0.3 is 10.6 Å². The van der Waals surface area contributed by atoms with Crippen LogP contribution in [0.4, 0.5) is 9.52 Å². The van der Waals surface area contributed by atoms with E-state index in [9.17, 15) is 9.18 Å². The largest absolute Gasteiger partial charge is 0.356 e. The Hall–Kier alpha value is -2.97. The SMILES string of the molecule is CC(NC(=O)CSc1nnc(NCc2ccc(F)cc2)s1)c1cccc2ccccc12. The summed E-state index contributed by atoms with van der Waals surface area (Å²) >= 11 is 2.75. The van der Waals surface area contributed by atoms with Gasteiger partial charge in [0.15, 0.2) is 4.34 Å². The number of hydrogen-bond acceptors (Lipinski definition) is 6. The standard InChI is InChI=1S/C23H21FN4OS2/c1-15(19-8-4-6-17-5-2-3-7-20(17)19)26-21(29)14-30-23-28-27-22(31-23)25-13-16-9-11-18(24)12-10-16/h2-12,15H,13-14H2,1H3,(H,25,27)(H,26,29). The molecule has 0 aliphatic carbocycles. The molecular formula is C23H21FN4OS2. The second-order valence-corrected chi connectivity index (χ2v) is 9.20. The molecule has 0 bridgehead atoms. The molecule has 4 aromatic rings. The van der Waals surface area contributed by atoms with Gasteiger partial charge in [-0.3, -0.25) is 4.79 Å². The molecule has 0 fully saturated rings. The maximum atomic E-state index is 13.0. The zero-order valence-corrected chi connectivity index (χ0v) is 18.5. The Bertz CT molecular complexity index is 1170. The Morgan fingerprint density at radius 3 is 2.68 bits per heavy atom. The van der Waals surface area contributed by atoms with Gasteiger partial charge in [0.25, 0.3) is 0 Å². The number of nitrogens with zero attached hydrogens (tertiary/aromatic N) is 2. The molecule has 31 heavy (non-hydrogen) atoms. The molecule has 2 N–H and O–H groups in total. The van der Waals surface area contributed by atoms with E-state index in [1.54, 1.807) is 12.1 Å². The van der Waals surface area contributed by atoms with Crippen molar-refractivity contribution in [1.29, 1.82) is 0 Å². The lowest BCUT2D eigenvalue weighted by atomic mass is 10.00. The fourth-order valence-electron chi connectivity index (χ4n) is 3.24. The van der Waals surface area contributed by atoms with E-state index in [0.717, 1.165) is 26.2 Å². The molecule has 5 nitrogen and oxygen atoms in total. The lowest BCUT2D eigenvalue weighted by molar-refractivity contribution is -0.119. The van der Waals surface area contributed by atoms with Crippen molar-refractivity contribution in [2.75, 3.05) is 11.1 Å². The first-order valence-electron chi connectivity index (χ1n) is 9.80. The van der Waals surface area contributed by atoms with E-state index in [2.05, 4.69) is 39.0 Å². The smallest absolute Gasteiger partial charge is 0.230 e. The summed E-state index contributed by atoms with van der Waals surface area (Å²) in [5.74, 6) is -0.0466. The van der Waals surface area contributed by atoms with Crippen LogP contribution in [0.1, 0.15) is 24.1 Å². The summed E-state index contributed by atoms with van der Waals surface area (Å²) in [6.07, 6.45) is 0. The Morgan fingerprint density at radius 1 is 1.06 bits per heavy atom. The van der Waals surface area contributed by atoms with Crippen LogP contribution in [0.2, 0.25) is 0 Å². The van der Waals surface area contributed by atoms with Gasteiger partial charge >= 0.3 is 0 Å². The van der Waals surface area contributed by atoms with Crippen LogP contribution in [0.15, 0.2) is 71.1 Å². The number of hydrogen-bond donors (Lipinski definition) is 2. The van der Waals surface area contributed by atoms with Crippen molar-refractivity contribution in [3.05, 3.63) is 83.7 Å². The van der Waals surface area contributed by atoms with Crippen LogP contribution in [0.25, 0.3) is 10.8 Å². The average Bonchev–Trinajstić information content (AvgIpc) is 3.25. The van der Waals surface area contributed by atoms with Gasteiger partial charge in [-0.25, -0.2) is 4.39 Å². The minimum Gasteiger partial charge on any atom is -0.356 e. The molecule has 1 aromatic heterocycles. The first-order valence-corrected chi connectivity index (χ1v) is 11.6. The number of rotatable bonds is 8. The van der Waals surface area contributed by atoms with E-state index >= 15 is 0 Å². The molecule has 0 saturated heterocycles. The summed E-state index contributed by atoms with van der Waals surface area (Å²) in [5, 5.41) is 17.4. The molecule has 0 saturated carbocycles. The number of benzene rings is 3. The highest BCUT2D eigenvalue weighted by Crippen LogP contribution is 2.27. The van der Waals surface area contributed by atoms with Gasteiger partial charge in [-0.2, -0.15) is 0 Å². The van der Waals surface area contributed by atoms with E-state index in [1.165, 1.54) is 35.2 Å². The molecule has 0 aliphatic rings. The fraction of sp³-hybridized carbons (Fsp3) is 0.174. The Balaban J connectivity index is 1.28. The van der Waals surface area contributed by atoms with Gasteiger partial charge in [0.1, 0.15) is 5.82 Å². The maximum absolute atomic E-state index is 13.0. The molecule has 1 atom stereocenters. The van der Waals surface area contributed by atoms with Crippen molar-refractivity contribution in [1.82, 2.24) is 15.5 Å². The van der Waals surface area contributed by atoms with Crippen molar-refractivity contribution in [2.24, 2.45) is 0 Å². The molecule has 0 spiro atoms. The van der Waals surface area contributed by atoms with Crippen molar-refractivity contribution < 1.29 is 9.18 Å². The Labute approximate surface area is 188 Å². The normalized spacial score (nSPS) is 11.9. The van der Waals surface area contributed by atoms with Crippen molar-refractivity contribution in [2.45, 2.75) is 23.8 Å². The molecule has 8 heteroatoms. The van der Waals surface area contributed by atoms with Gasteiger partial charge in [-0.05, 0) is 41.0 Å². The third-order valence-electron chi connectivity index (χ3n) is 4.76. The third kappa shape index (κ3) is 5.59. The predicted octanol–water partition coefficient (Wildman–Crippen LogP) is 5.41. The van der Waals surface area contributed by atoms with Gasteiger partial charge in [0, 0.05) is 6.54 Å². The molecular weight excluding hydrogens is 431 g/mol. The Morgan fingerprint density at radius 2 is 1.84 bits per heavy atom. The molecule has 0 aliphatic heterocycles. The van der Waals surface area contributed by atoms with Crippen LogP contribution < -0.4 is 10.6 Å². The van der Waals surface area contributed by atoms with Gasteiger partial charge in [0.05, 0.1) is 11.8 Å². The average molecular weight is 453 g/mol. The number of aromatic nitrogens is 2. The number of amides is 1. The van der Waals surface area contributed by atoms with Crippen molar-refractivity contribution >= 4 is 44.9 Å². The van der Waals surface area contributed by atoms with Crippen LogP contribution in [-0.2, 0) is 11.3 Å². The van der Waals surface area contributed by atoms with Crippen molar-refractivity contribution in [3.63, 3.8) is 0 Å². The summed E-state index contributed by atoms with van der Waals surface area (Å²) in [6, 6.07) is 20.5. The molecule has 158 valence electrons. The molecule has 4 rings (SSSR count). The van der Waals surface area contributed by atoms with E-state index in [-0.39, 0.29) is 23.5 Å². The highest BCUT2D eigenvalue weighted by Gasteiger charge is 2.14. The second-order valence-electron chi connectivity index (χ2n) is 7.00. The van der Waals surface area contributed by atoms with E-state index in [4.69, 9.17) is 0 Å². The minimum absolute atomic E-state index is 0.0542. The highest BCUT2D eigenvalue weighted by atomic mass is 32.2. The third-order valence-corrected chi connectivity index (χ3v) is 6.77. The number of thioether (sulfide) groups is 1. The molecule has 1 amide bonds. The number of carbonyl (C=O) groups is 1. The number of carbonyl (C=O) groups excluding carboxylic acids is 1. The molecule has 3 aromatic carbocycles. The molecule has 0 radical (unpaired) electrons. The van der Waals surface area contributed by atoms with E-state index < -0.39 is 0 Å². The summed E-state index contributed by atoms with van der Waals surface area (Å²) in [7, 11) is 0. The predicted molar refractivity (Wildman–Crippen MR) is 125 cm³/mol. The van der Waals surface area contributed by atoms with Crippen LogP contribution in [0.3, 0.4) is 0 Å². The topological polar surface area (TPSA) is 66.9 Å². The summed E-state index contributed by atoms with van der Waals surface area (Å²) in [4.78, 5) is 12.5. The monoisotopic (exact) mass is 452 g/mol. The zero-order valence-electron chi connectivity index (χ0n) is 16.8. The van der Waals surface area contributed by atoms with Crippen molar-refractivity contribution in [3.8, 4) is 0 Å². The van der Waals surface area contributed by atoms with Gasteiger partial charge in [0.2, 0.25) is 11.0 Å². The summed E-state index contributed by atoms with van der Waals surface area (Å²) in [6.45, 7) is 2.52. The zero-order chi connectivity index (χ0) is 21.6. The number of halogens is 1. The Kier molecular flexibility index (Phi) is 6.79. The van der Waals surface area contributed by atoms with Crippen LogP contribution in [0.5, 0.6) is 0 Å². The van der Waals surface area contributed by atoms with E-state index in [1.807, 2.05) is 31.2 Å². The first-order chi connectivity index (χ1) is 15.1. The number of fused-ring (bicyclic) bond motifs is 1.